The van der Waals surface area contributed by atoms with Gasteiger partial charge < -0.3 is 10.3 Å². The minimum Gasteiger partial charge on any atom is -0.397 e. The zero-order valence-corrected chi connectivity index (χ0v) is 12.4. The molecule has 108 valence electrons. The van der Waals surface area contributed by atoms with Gasteiger partial charge in [-0.05, 0) is 31.4 Å². The van der Waals surface area contributed by atoms with Crippen LogP contribution in [-0.4, -0.2) is 9.55 Å². The van der Waals surface area contributed by atoms with E-state index < -0.39 is 0 Å². The third kappa shape index (κ3) is 2.54. The van der Waals surface area contributed by atoms with Crippen LogP contribution in [0.3, 0.4) is 0 Å². The van der Waals surface area contributed by atoms with Crippen LogP contribution in [0, 0.1) is 5.92 Å². The fourth-order valence-electron chi connectivity index (χ4n) is 3.57. The van der Waals surface area contributed by atoms with Crippen LogP contribution in [0.1, 0.15) is 51.3 Å². The molecule has 0 radical (unpaired) electrons. The van der Waals surface area contributed by atoms with Gasteiger partial charge in [0.15, 0.2) is 0 Å². The Hall–Kier alpha value is -1.51. The number of hydrogen-bond acceptors (Lipinski definition) is 2. The Labute approximate surface area is 121 Å². The van der Waals surface area contributed by atoms with E-state index in [1.807, 2.05) is 12.1 Å². The predicted molar refractivity (Wildman–Crippen MR) is 84.7 cm³/mol. The van der Waals surface area contributed by atoms with Gasteiger partial charge in [-0.3, -0.25) is 0 Å². The number of aryl methyl sites for hydroxylation is 2. The summed E-state index contributed by atoms with van der Waals surface area (Å²) in [5.74, 6) is 2.12. The Morgan fingerprint density at radius 2 is 2.05 bits per heavy atom. The van der Waals surface area contributed by atoms with E-state index in [2.05, 4.69) is 17.6 Å². The molecule has 0 bridgehead atoms. The standard InChI is InChI=1S/C17H25N3/c1-2-20-15-10-6-9-14(18)17(15)19-16(20)12-11-13-7-4-3-5-8-13/h6,9-10,13H,2-5,7-8,11-12,18H2,1H3. The number of fused-ring (bicyclic) bond motifs is 1. The third-order valence-electron chi connectivity index (χ3n) is 4.71. The fraction of sp³-hybridized carbons (Fsp3) is 0.588. The number of rotatable bonds is 4. The molecule has 0 unspecified atom stereocenters. The molecule has 1 fully saturated rings. The molecule has 0 atom stereocenters. The summed E-state index contributed by atoms with van der Waals surface area (Å²) < 4.78 is 2.33. The van der Waals surface area contributed by atoms with Crippen molar-refractivity contribution >= 4 is 16.7 Å². The summed E-state index contributed by atoms with van der Waals surface area (Å²) >= 11 is 0. The van der Waals surface area contributed by atoms with Crippen molar-refractivity contribution in [2.24, 2.45) is 5.92 Å². The SMILES string of the molecule is CCn1c(CCC2CCCCC2)nc2c(N)cccc21. The maximum absolute atomic E-state index is 6.06. The largest absolute Gasteiger partial charge is 0.397 e. The molecule has 2 aromatic rings. The highest BCUT2D eigenvalue weighted by Gasteiger charge is 2.16. The maximum atomic E-state index is 6.06. The predicted octanol–water partition coefficient (Wildman–Crippen LogP) is 4.15. The second-order valence-corrected chi connectivity index (χ2v) is 6.03. The summed E-state index contributed by atoms with van der Waals surface area (Å²) in [6, 6.07) is 6.10. The van der Waals surface area contributed by atoms with E-state index in [-0.39, 0.29) is 0 Å². The van der Waals surface area contributed by atoms with E-state index in [4.69, 9.17) is 10.7 Å². The van der Waals surface area contributed by atoms with Crippen molar-refractivity contribution in [3.63, 3.8) is 0 Å². The number of nitrogens with two attached hydrogens (primary N) is 1. The Bertz CT molecular complexity index is 579. The molecule has 3 heteroatoms. The van der Waals surface area contributed by atoms with Gasteiger partial charge in [-0.2, -0.15) is 0 Å². The van der Waals surface area contributed by atoms with E-state index >= 15 is 0 Å². The molecule has 1 aromatic carbocycles. The summed E-state index contributed by atoms with van der Waals surface area (Å²) in [6.07, 6.45) is 9.46. The van der Waals surface area contributed by atoms with Gasteiger partial charge in [0.1, 0.15) is 11.3 Å². The summed E-state index contributed by atoms with van der Waals surface area (Å²) in [7, 11) is 0. The molecule has 1 saturated carbocycles. The molecule has 2 N–H and O–H groups in total. The van der Waals surface area contributed by atoms with Crippen LogP contribution in [0.15, 0.2) is 18.2 Å². The molecular formula is C17H25N3. The van der Waals surface area contributed by atoms with Crippen molar-refractivity contribution in [1.29, 1.82) is 0 Å². The summed E-state index contributed by atoms with van der Waals surface area (Å²) in [4.78, 5) is 4.81. The molecule has 1 heterocycles. The van der Waals surface area contributed by atoms with Gasteiger partial charge in [0, 0.05) is 13.0 Å². The number of nitrogens with zero attached hydrogens (tertiary/aromatic N) is 2. The lowest BCUT2D eigenvalue weighted by atomic mass is 9.86. The molecule has 1 aliphatic rings. The van der Waals surface area contributed by atoms with Crippen molar-refractivity contribution in [3.05, 3.63) is 24.0 Å². The van der Waals surface area contributed by atoms with Gasteiger partial charge in [-0.1, -0.05) is 38.2 Å². The Morgan fingerprint density at radius 3 is 2.80 bits per heavy atom. The molecule has 1 aromatic heterocycles. The molecule has 0 saturated heterocycles. The van der Waals surface area contributed by atoms with Gasteiger partial charge >= 0.3 is 0 Å². The first-order valence-corrected chi connectivity index (χ1v) is 8.03. The molecular weight excluding hydrogens is 246 g/mol. The maximum Gasteiger partial charge on any atom is 0.112 e. The van der Waals surface area contributed by atoms with Crippen LogP contribution in [-0.2, 0) is 13.0 Å². The second-order valence-electron chi connectivity index (χ2n) is 6.03. The van der Waals surface area contributed by atoms with Crippen LogP contribution in [0.25, 0.3) is 11.0 Å². The van der Waals surface area contributed by atoms with Gasteiger partial charge in [0.2, 0.25) is 0 Å². The Kier molecular flexibility index (Phi) is 3.95. The Balaban J connectivity index is 1.81. The van der Waals surface area contributed by atoms with Crippen molar-refractivity contribution in [3.8, 4) is 0 Å². The fourth-order valence-corrected chi connectivity index (χ4v) is 3.57. The lowest BCUT2D eigenvalue weighted by molar-refractivity contribution is 0.336. The van der Waals surface area contributed by atoms with E-state index in [1.54, 1.807) is 0 Å². The Morgan fingerprint density at radius 1 is 1.25 bits per heavy atom. The molecule has 3 nitrogen and oxygen atoms in total. The topological polar surface area (TPSA) is 43.8 Å². The third-order valence-corrected chi connectivity index (χ3v) is 4.71. The van der Waals surface area contributed by atoms with Gasteiger partial charge in [0.25, 0.3) is 0 Å². The number of benzene rings is 1. The number of hydrogen-bond donors (Lipinski definition) is 1. The average molecular weight is 271 g/mol. The number of imidazole rings is 1. The van der Waals surface area contributed by atoms with E-state index in [0.29, 0.717) is 0 Å². The number of anilines is 1. The number of nitrogen functional groups attached to an aromatic ring is 1. The first-order chi connectivity index (χ1) is 9.79. The lowest BCUT2D eigenvalue weighted by Crippen LogP contribution is -2.09. The first kappa shape index (κ1) is 13.5. The van der Waals surface area contributed by atoms with Gasteiger partial charge in [0.05, 0.1) is 11.2 Å². The first-order valence-electron chi connectivity index (χ1n) is 8.03. The molecule has 20 heavy (non-hydrogen) atoms. The van der Waals surface area contributed by atoms with Gasteiger partial charge in [-0.15, -0.1) is 0 Å². The average Bonchev–Trinajstić information content (AvgIpc) is 2.85. The van der Waals surface area contributed by atoms with Crippen LogP contribution in [0.2, 0.25) is 0 Å². The van der Waals surface area contributed by atoms with Crippen LogP contribution < -0.4 is 5.73 Å². The smallest absolute Gasteiger partial charge is 0.112 e. The monoisotopic (exact) mass is 271 g/mol. The minimum absolute atomic E-state index is 0.800. The second kappa shape index (κ2) is 5.86. The quantitative estimate of drug-likeness (QED) is 0.849. The van der Waals surface area contributed by atoms with E-state index in [9.17, 15) is 0 Å². The van der Waals surface area contributed by atoms with E-state index in [0.717, 1.165) is 30.1 Å². The highest BCUT2D eigenvalue weighted by Crippen LogP contribution is 2.28. The minimum atomic E-state index is 0.800. The molecule has 0 amide bonds. The number of aromatic nitrogens is 2. The molecule has 1 aliphatic carbocycles. The highest BCUT2D eigenvalue weighted by molar-refractivity contribution is 5.87. The number of para-hydroxylation sites is 1. The van der Waals surface area contributed by atoms with Crippen molar-refractivity contribution in [2.75, 3.05) is 5.73 Å². The van der Waals surface area contributed by atoms with Crippen molar-refractivity contribution in [1.82, 2.24) is 9.55 Å². The van der Waals surface area contributed by atoms with E-state index in [1.165, 1.54) is 49.9 Å². The van der Waals surface area contributed by atoms with Gasteiger partial charge in [-0.25, -0.2) is 4.98 Å². The summed E-state index contributed by atoms with van der Waals surface area (Å²) in [5.41, 5.74) is 9.02. The zero-order chi connectivity index (χ0) is 13.9. The van der Waals surface area contributed by atoms with Crippen LogP contribution in [0.4, 0.5) is 5.69 Å². The lowest BCUT2D eigenvalue weighted by Gasteiger charge is -2.21. The van der Waals surface area contributed by atoms with Crippen LogP contribution in [0.5, 0.6) is 0 Å². The molecule has 0 spiro atoms. The molecule has 3 rings (SSSR count). The zero-order valence-electron chi connectivity index (χ0n) is 12.4. The van der Waals surface area contributed by atoms with Crippen molar-refractivity contribution in [2.45, 2.75) is 58.4 Å². The van der Waals surface area contributed by atoms with Crippen molar-refractivity contribution < 1.29 is 0 Å². The molecule has 0 aliphatic heterocycles. The normalized spacial score (nSPS) is 16.9. The summed E-state index contributed by atoms with van der Waals surface area (Å²) in [5, 5.41) is 0. The highest BCUT2D eigenvalue weighted by atomic mass is 15.1. The van der Waals surface area contributed by atoms with Crippen LogP contribution >= 0.6 is 0 Å². The summed E-state index contributed by atoms with van der Waals surface area (Å²) in [6.45, 7) is 3.16.